The number of carbonyl (C=O) groups is 3. The number of hydrogen-bond acceptors (Lipinski definition) is 3. The van der Waals surface area contributed by atoms with Crippen LogP contribution in [0.2, 0.25) is 0 Å². The Hall–Kier alpha value is -2.97. The summed E-state index contributed by atoms with van der Waals surface area (Å²) in [5, 5.41) is 27.3. The predicted molar refractivity (Wildman–Crippen MR) is 80.5 cm³/mol. The molecule has 0 aliphatic rings. The Morgan fingerprint density at radius 3 is 1.36 bits per heavy atom. The highest BCUT2D eigenvalue weighted by Gasteiger charge is 2.22. The molecule has 0 heterocycles. The second kappa shape index (κ2) is 6.20. The molecule has 0 aromatic heterocycles. The van der Waals surface area contributed by atoms with Crippen LogP contribution in [-0.2, 0) is 0 Å². The van der Waals surface area contributed by atoms with Crippen molar-refractivity contribution in [3.05, 3.63) is 17.7 Å². The van der Waals surface area contributed by atoms with Crippen molar-refractivity contribution in [2.45, 2.75) is 6.92 Å². The monoisotopic (exact) mass is 311 g/mol. The van der Waals surface area contributed by atoms with Gasteiger partial charge < -0.3 is 15.3 Å². The lowest BCUT2D eigenvalue weighted by atomic mass is 10.1. The maximum Gasteiger partial charge on any atom is 0.411 e. The minimum Gasteiger partial charge on any atom is -0.465 e. The molecule has 120 valence electrons. The van der Waals surface area contributed by atoms with E-state index in [0.29, 0.717) is 5.56 Å². The Morgan fingerprint density at radius 2 is 1.09 bits per heavy atom. The van der Waals surface area contributed by atoms with Gasteiger partial charge in [-0.2, -0.15) is 0 Å². The summed E-state index contributed by atoms with van der Waals surface area (Å²) in [6.07, 6.45) is -3.75. The molecule has 0 aliphatic carbocycles. The Labute approximate surface area is 126 Å². The highest BCUT2D eigenvalue weighted by atomic mass is 16.4. The van der Waals surface area contributed by atoms with Crippen LogP contribution in [0.1, 0.15) is 5.56 Å². The molecule has 3 amide bonds. The molecule has 1 rings (SSSR count). The molecule has 9 nitrogen and oxygen atoms in total. The average molecular weight is 311 g/mol. The van der Waals surface area contributed by atoms with Crippen molar-refractivity contribution in [3.63, 3.8) is 0 Å². The number of benzene rings is 1. The van der Waals surface area contributed by atoms with Crippen LogP contribution in [0.4, 0.5) is 31.4 Å². The fraction of sp³-hybridized carbons (Fsp3) is 0.308. The van der Waals surface area contributed by atoms with E-state index in [1.54, 1.807) is 6.92 Å². The quantitative estimate of drug-likeness (QED) is 0.787. The van der Waals surface area contributed by atoms with Crippen molar-refractivity contribution >= 4 is 35.3 Å². The van der Waals surface area contributed by atoms with Gasteiger partial charge in [0.1, 0.15) is 0 Å². The molecule has 0 aliphatic heterocycles. The van der Waals surface area contributed by atoms with E-state index in [9.17, 15) is 14.4 Å². The zero-order chi connectivity index (χ0) is 17.2. The molecule has 1 aromatic rings. The summed E-state index contributed by atoms with van der Waals surface area (Å²) in [7, 11) is 3.86. The molecule has 0 unspecified atom stereocenters. The van der Waals surface area contributed by atoms with Crippen LogP contribution in [-0.4, -0.2) is 54.7 Å². The molecule has 3 N–H and O–H groups in total. The summed E-state index contributed by atoms with van der Waals surface area (Å²) in [5.41, 5.74) is 0.948. The minimum absolute atomic E-state index is 0.157. The fourth-order valence-electron chi connectivity index (χ4n) is 1.88. The third kappa shape index (κ3) is 3.19. The van der Waals surface area contributed by atoms with Crippen LogP contribution in [0, 0.1) is 6.92 Å². The van der Waals surface area contributed by atoms with Crippen LogP contribution in [0.3, 0.4) is 0 Å². The van der Waals surface area contributed by atoms with Gasteiger partial charge in [-0.3, -0.25) is 14.7 Å². The van der Waals surface area contributed by atoms with Gasteiger partial charge in [0.05, 0.1) is 17.1 Å². The van der Waals surface area contributed by atoms with Gasteiger partial charge in [0.25, 0.3) is 0 Å². The first kappa shape index (κ1) is 17.1. The van der Waals surface area contributed by atoms with E-state index in [1.807, 2.05) is 0 Å². The normalized spacial score (nSPS) is 10.0. The van der Waals surface area contributed by atoms with E-state index in [1.165, 1.54) is 33.3 Å². The molecule has 0 radical (unpaired) electrons. The summed E-state index contributed by atoms with van der Waals surface area (Å²) >= 11 is 0. The zero-order valence-corrected chi connectivity index (χ0v) is 12.6. The SMILES string of the molecule is Cc1c(N(C)C(=O)O)cc(N(C)C(=O)O)cc1N(C)C(=O)O. The summed E-state index contributed by atoms with van der Waals surface area (Å²) < 4.78 is 0. The summed E-state index contributed by atoms with van der Waals surface area (Å²) in [5.74, 6) is 0. The molecule has 1 aromatic carbocycles. The molecule has 0 atom stereocenters. The van der Waals surface area contributed by atoms with Crippen molar-refractivity contribution in [2.75, 3.05) is 35.8 Å². The second-order valence-electron chi connectivity index (χ2n) is 4.63. The van der Waals surface area contributed by atoms with Gasteiger partial charge in [-0.1, -0.05) is 0 Å². The molecule has 0 saturated heterocycles. The molecule has 0 spiro atoms. The van der Waals surface area contributed by atoms with Gasteiger partial charge in [0.2, 0.25) is 0 Å². The molecule has 9 heteroatoms. The first-order valence-electron chi connectivity index (χ1n) is 6.12. The molecular formula is C13H17N3O6. The third-order valence-electron chi connectivity index (χ3n) is 3.31. The standard InChI is InChI=1S/C13H17N3O6/c1-7-9(15(3)12(19)20)5-8(14(2)11(17)18)6-10(7)16(4)13(21)22/h5-6H,1-4H3,(H,17,18)(H,19,20)(H,21,22). The average Bonchev–Trinajstić information content (AvgIpc) is 2.44. The number of hydrogen-bond donors (Lipinski definition) is 3. The number of amides is 3. The Balaban J connectivity index is 3.59. The second-order valence-corrected chi connectivity index (χ2v) is 4.63. The van der Waals surface area contributed by atoms with Crippen LogP contribution in [0.25, 0.3) is 0 Å². The maximum atomic E-state index is 11.1. The van der Waals surface area contributed by atoms with Crippen molar-refractivity contribution in [1.82, 2.24) is 0 Å². The van der Waals surface area contributed by atoms with E-state index in [2.05, 4.69) is 0 Å². The van der Waals surface area contributed by atoms with Gasteiger partial charge in [-0.25, -0.2) is 14.4 Å². The number of nitrogens with zero attached hydrogens (tertiary/aromatic N) is 3. The lowest BCUT2D eigenvalue weighted by Gasteiger charge is -2.25. The van der Waals surface area contributed by atoms with Crippen LogP contribution in [0.15, 0.2) is 12.1 Å². The molecule has 0 saturated carbocycles. The number of carboxylic acid groups (broad SMARTS) is 3. The van der Waals surface area contributed by atoms with Gasteiger partial charge in [0.15, 0.2) is 0 Å². The van der Waals surface area contributed by atoms with Crippen LogP contribution < -0.4 is 14.7 Å². The number of anilines is 3. The van der Waals surface area contributed by atoms with E-state index in [4.69, 9.17) is 15.3 Å². The Bertz CT molecular complexity index is 589. The Kier molecular flexibility index (Phi) is 4.82. The fourth-order valence-corrected chi connectivity index (χ4v) is 1.88. The van der Waals surface area contributed by atoms with Gasteiger partial charge in [-0.15, -0.1) is 0 Å². The molecule has 0 bridgehead atoms. The first-order chi connectivity index (χ1) is 10.1. The number of rotatable bonds is 3. The van der Waals surface area contributed by atoms with Crippen molar-refractivity contribution < 1.29 is 29.7 Å². The van der Waals surface area contributed by atoms with Gasteiger partial charge in [-0.05, 0) is 24.6 Å². The summed E-state index contributed by atoms with van der Waals surface area (Å²) in [6.45, 7) is 1.56. The van der Waals surface area contributed by atoms with Gasteiger partial charge >= 0.3 is 18.3 Å². The third-order valence-corrected chi connectivity index (χ3v) is 3.31. The zero-order valence-electron chi connectivity index (χ0n) is 12.6. The largest absolute Gasteiger partial charge is 0.465 e. The lowest BCUT2D eigenvalue weighted by Crippen LogP contribution is -2.30. The van der Waals surface area contributed by atoms with Crippen molar-refractivity contribution in [2.24, 2.45) is 0 Å². The Morgan fingerprint density at radius 1 is 0.773 bits per heavy atom. The van der Waals surface area contributed by atoms with E-state index >= 15 is 0 Å². The topological polar surface area (TPSA) is 122 Å². The van der Waals surface area contributed by atoms with E-state index in [0.717, 1.165) is 14.7 Å². The van der Waals surface area contributed by atoms with Crippen molar-refractivity contribution in [3.8, 4) is 0 Å². The molecule has 0 fully saturated rings. The predicted octanol–water partition coefficient (Wildman–Crippen LogP) is 2.34. The summed E-state index contributed by atoms with van der Waals surface area (Å²) in [6, 6.07) is 2.74. The smallest absolute Gasteiger partial charge is 0.411 e. The van der Waals surface area contributed by atoms with Crippen LogP contribution in [0.5, 0.6) is 0 Å². The molecular weight excluding hydrogens is 294 g/mol. The molecule has 22 heavy (non-hydrogen) atoms. The van der Waals surface area contributed by atoms with E-state index < -0.39 is 18.3 Å². The summed E-state index contributed by atoms with van der Waals surface area (Å²) in [4.78, 5) is 36.0. The highest BCUT2D eigenvalue weighted by molar-refractivity contribution is 5.96. The van der Waals surface area contributed by atoms with Crippen LogP contribution >= 0.6 is 0 Å². The first-order valence-corrected chi connectivity index (χ1v) is 6.12. The van der Waals surface area contributed by atoms with Crippen molar-refractivity contribution in [1.29, 1.82) is 0 Å². The van der Waals surface area contributed by atoms with E-state index in [-0.39, 0.29) is 17.1 Å². The van der Waals surface area contributed by atoms with Gasteiger partial charge in [0, 0.05) is 21.1 Å². The minimum atomic E-state index is -1.25. The maximum absolute atomic E-state index is 11.1. The highest BCUT2D eigenvalue weighted by Crippen LogP contribution is 2.34. The lowest BCUT2D eigenvalue weighted by molar-refractivity contribution is 0.202.